The predicted molar refractivity (Wildman–Crippen MR) is 138 cm³/mol. The third-order valence-corrected chi connectivity index (χ3v) is 4.84. The van der Waals surface area contributed by atoms with Crippen LogP contribution in [0.15, 0.2) is 24.3 Å². The van der Waals surface area contributed by atoms with Gasteiger partial charge < -0.3 is 40.4 Å². The number of carbonyl (C=O) groups is 6. The molecule has 0 spiro atoms. The van der Waals surface area contributed by atoms with E-state index in [4.69, 9.17) is 4.74 Å². The maximum atomic E-state index is 12.0. The second kappa shape index (κ2) is 30.8. The Morgan fingerprint density at radius 2 is 1.52 bits per heavy atom. The first-order valence-corrected chi connectivity index (χ1v) is 12.3. The summed E-state index contributed by atoms with van der Waals surface area (Å²) in [6, 6.07) is 6.05. The summed E-state index contributed by atoms with van der Waals surface area (Å²) in [5.74, 6) is -1.59. The number of rotatable bonds is 20. The standard InChI is InChI=1S/C26H38N4O7.3Rb/c1-20(32)17-23(33)18-21-7-9-22(10-8-21)30-25(35)19-24(34)27-13-16-37-15-6-12-29-26(36)28-11-4-2-3-5-14-31;;;/h7-10,14H,2-6,11-13,15-19H2,1H3,(H4,27,28,29,30,34,35,36);;;/q;3*+1/p-3. The number of hydrogen-bond donors (Lipinski definition) is 1. The molecule has 0 saturated heterocycles. The second-order valence-electron chi connectivity index (χ2n) is 8.31. The third-order valence-electron chi connectivity index (χ3n) is 4.84. The molecule has 204 valence electrons. The number of unbranched alkanes of at least 4 members (excludes halogenated alkanes) is 3. The fourth-order valence-corrected chi connectivity index (χ4v) is 3.09. The van der Waals surface area contributed by atoms with Crippen molar-refractivity contribution in [1.29, 1.82) is 0 Å². The van der Waals surface area contributed by atoms with E-state index in [1.807, 2.05) is 0 Å². The topological polar surface area (TPSA) is 166 Å². The number of ketones is 2. The number of urea groups is 1. The van der Waals surface area contributed by atoms with Gasteiger partial charge in [-0.05, 0) is 31.9 Å². The molecule has 0 heterocycles. The number of ether oxygens (including phenoxy) is 1. The fourth-order valence-electron chi connectivity index (χ4n) is 3.09. The van der Waals surface area contributed by atoms with E-state index in [1.165, 1.54) is 6.92 Å². The number of carbonyl (C=O) groups excluding carboxylic acids is 6. The van der Waals surface area contributed by atoms with Crippen LogP contribution in [0.3, 0.4) is 0 Å². The van der Waals surface area contributed by atoms with Gasteiger partial charge in [0.2, 0.25) is 0 Å². The molecule has 40 heavy (non-hydrogen) atoms. The molecule has 0 unspecified atom stereocenters. The van der Waals surface area contributed by atoms with Crippen molar-refractivity contribution < 1.29 is 208 Å². The maximum absolute atomic E-state index is 12.0. The van der Waals surface area contributed by atoms with Crippen LogP contribution in [-0.4, -0.2) is 68.5 Å². The summed E-state index contributed by atoms with van der Waals surface area (Å²) in [5.41, 5.74) is 1.07. The fraction of sp³-hybridized carbons (Fsp3) is 0.538. The zero-order valence-corrected chi connectivity index (χ0v) is 39.0. The molecule has 1 rings (SSSR count). The van der Waals surface area contributed by atoms with Crippen LogP contribution < -0.4 is 180 Å². The van der Waals surface area contributed by atoms with Crippen LogP contribution in [0, 0.1) is 0 Å². The molecule has 11 nitrogen and oxygen atoms in total. The second-order valence-corrected chi connectivity index (χ2v) is 8.31. The summed E-state index contributed by atoms with van der Waals surface area (Å²) >= 11 is 0. The van der Waals surface area contributed by atoms with Crippen LogP contribution in [0.2, 0.25) is 0 Å². The number of nitrogens with one attached hydrogen (secondary N) is 1. The molecule has 14 heteroatoms. The van der Waals surface area contributed by atoms with Crippen molar-refractivity contribution in [2.24, 2.45) is 0 Å². The molecule has 1 aromatic carbocycles. The normalized spacial score (nSPS) is 9.53. The van der Waals surface area contributed by atoms with Crippen LogP contribution in [0.25, 0.3) is 16.0 Å². The first-order chi connectivity index (χ1) is 17.8. The van der Waals surface area contributed by atoms with E-state index in [0.29, 0.717) is 43.8 Å². The molecule has 1 aromatic rings. The summed E-state index contributed by atoms with van der Waals surface area (Å²) in [6.07, 6.45) is 4.04. The first kappa shape index (κ1) is 46.2. The maximum Gasteiger partial charge on any atom is 1.00 e. The van der Waals surface area contributed by atoms with E-state index in [9.17, 15) is 28.8 Å². The Morgan fingerprint density at radius 1 is 0.825 bits per heavy atom. The van der Waals surface area contributed by atoms with E-state index >= 15 is 0 Å². The Hall–Kier alpha value is 1.82. The average Bonchev–Trinajstić information content (AvgIpc) is 2.83. The smallest absolute Gasteiger partial charge is 0.651 e. The Balaban J connectivity index is -0.00000456. The van der Waals surface area contributed by atoms with Gasteiger partial charge in [-0.2, -0.15) is 0 Å². The predicted octanol–water partition coefficient (Wildman–Crippen LogP) is -5.14. The molecule has 0 aliphatic heterocycles. The molecule has 0 aromatic heterocycles. The Labute approximate surface area is 383 Å². The van der Waals surface area contributed by atoms with E-state index in [-0.39, 0.29) is 218 Å². The largest absolute Gasteiger partial charge is 1.00 e. The number of nitrogens with zero attached hydrogens (tertiary/aromatic N) is 3. The SMILES string of the molecule is CC(=O)CC(=O)Cc1ccc([N-]C(=O)CC(=O)[N-]CCOCCC[N-]C(=O)NCCCCCC=O)cc1.[Rb+].[Rb+].[Rb+]. The van der Waals surface area contributed by atoms with Gasteiger partial charge in [-0.3, -0.25) is 14.4 Å². The van der Waals surface area contributed by atoms with Crippen molar-refractivity contribution in [3.63, 3.8) is 0 Å². The van der Waals surface area contributed by atoms with Gasteiger partial charge in [0.25, 0.3) is 0 Å². The van der Waals surface area contributed by atoms with Crippen LogP contribution in [-0.2, 0) is 35.1 Å². The molecule has 0 aliphatic carbocycles. The van der Waals surface area contributed by atoms with E-state index < -0.39 is 18.2 Å². The van der Waals surface area contributed by atoms with Crippen molar-refractivity contribution in [2.75, 3.05) is 32.8 Å². The summed E-state index contributed by atoms with van der Waals surface area (Å²) in [5, 5.41) is 14.2. The number of Topliss-reactive ketones (excluding diaryl/α,β-unsaturated/α-hetero) is 2. The van der Waals surface area contributed by atoms with Gasteiger partial charge in [0.15, 0.2) is 6.03 Å². The van der Waals surface area contributed by atoms with Crippen molar-refractivity contribution in [3.8, 4) is 0 Å². The summed E-state index contributed by atoms with van der Waals surface area (Å²) in [4.78, 5) is 68.2. The van der Waals surface area contributed by atoms with Crippen molar-refractivity contribution in [3.05, 3.63) is 45.8 Å². The molecular weight excluding hydrogens is 737 g/mol. The minimum atomic E-state index is -0.629. The molecule has 4 amide bonds. The molecule has 0 aliphatic rings. The molecule has 0 bridgehead atoms. The quantitative estimate of drug-likeness (QED) is 0.0787. The summed E-state index contributed by atoms with van der Waals surface area (Å²) in [7, 11) is 0. The number of aldehydes is 1. The van der Waals surface area contributed by atoms with Gasteiger partial charge in [0.05, 0.1) is 18.2 Å². The number of benzene rings is 1. The number of amides is 4. The van der Waals surface area contributed by atoms with E-state index in [0.717, 1.165) is 25.5 Å². The van der Waals surface area contributed by atoms with Crippen molar-refractivity contribution >= 4 is 41.4 Å². The minimum absolute atomic E-state index is 0. The van der Waals surface area contributed by atoms with E-state index in [2.05, 4.69) is 21.3 Å². The van der Waals surface area contributed by atoms with Crippen LogP contribution in [0.5, 0.6) is 0 Å². The van der Waals surface area contributed by atoms with Crippen molar-refractivity contribution in [2.45, 2.75) is 58.3 Å². The Morgan fingerprint density at radius 3 is 2.17 bits per heavy atom. The van der Waals surface area contributed by atoms with Gasteiger partial charge in [-0.15, -0.1) is 12.2 Å². The third kappa shape index (κ3) is 27.4. The van der Waals surface area contributed by atoms with Crippen LogP contribution in [0.4, 0.5) is 10.5 Å². The number of hydrogen-bond acceptors (Lipinski definition) is 7. The zero-order valence-electron chi connectivity index (χ0n) is 24.3. The van der Waals surface area contributed by atoms with Gasteiger partial charge in [0, 0.05) is 32.5 Å². The molecule has 0 saturated carbocycles. The molecule has 0 fully saturated rings. The molecule has 0 radical (unpaired) electrons. The summed E-state index contributed by atoms with van der Waals surface area (Å²) < 4.78 is 5.35. The molecular formula is C26H35N4O7Rb3. The Bertz CT molecular complexity index is 903. The first-order valence-electron chi connectivity index (χ1n) is 12.3. The monoisotopic (exact) mass is 770 g/mol. The van der Waals surface area contributed by atoms with E-state index in [1.54, 1.807) is 24.3 Å². The van der Waals surface area contributed by atoms with Crippen molar-refractivity contribution in [1.82, 2.24) is 5.32 Å². The molecule has 0 atom stereocenters. The molecule has 1 N–H and O–H groups in total. The average molecular weight is 772 g/mol. The van der Waals surface area contributed by atoms with Gasteiger partial charge in [-0.25, -0.2) is 0 Å². The van der Waals surface area contributed by atoms with Crippen LogP contribution >= 0.6 is 0 Å². The van der Waals surface area contributed by atoms with Gasteiger partial charge in [-0.1, -0.05) is 43.7 Å². The minimum Gasteiger partial charge on any atom is -0.651 e. The zero-order chi connectivity index (χ0) is 27.3. The Kier molecular flexibility index (Phi) is 35.6. The van der Waals surface area contributed by atoms with Crippen LogP contribution in [0.1, 0.15) is 57.4 Å². The van der Waals surface area contributed by atoms with Gasteiger partial charge in [0.1, 0.15) is 17.9 Å². The van der Waals surface area contributed by atoms with Gasteiger partial charge >= 0.3 is 175 Å². The summed E-state index contributed by atoms with van der Waals surface area (Å²) in [6.45, 7) is 2.87.